The lowest BCUT2D eigenvalue weighted by atomic mass is 10.3. The summed E-state index contributed by atoms with van der Waals surface area (Å²) < 4.78 is 7.08. The zero-order chi connectivity index (χ0) is 15.4. The minimum Gasteiger partial charge on any atom is -0.495 e. The van der Waals surface area contributed by atoms with Crippen molar-refractivity contribution in [2.75, 3.05) is 12.4 Å². The van der Waals surface area contributed by atoms with Crippen LogP contribution in [0.25, 0.3) is 0 Å². The molecule has 2 rings (SSSR count). The molecule has 2 aromatic rings. The summed E-state index contributed by atoms with van der Waals surface area (Å²) in [5, 5.41) is 12.1. The Labute approximate surface area is 143 Å². The standard InChI is InChI=1S/C14H13Br2NO3S/c1-20-13-6-12(10(15)5-11(13)16)17-7-9-3-2-8(21-9)4-14(18)19/h2-3,5-6,17H,4,7H2,1H3,(H,18,19). The maximum Gasteiger partial charge on any atom is 0.308 e. The first-order chi connectivity index (χ1) is 9.99. The highest BCUT2D eigenvalue weighted by molar-refractivity contribution is 9.11. The number of carboxylic acids is 1. The second-order valence-electron chi connectivity index (χ2n) is 4.26. The summed E-state index contributed by atoms with van der Waals surface area (Å²) in [7, 11) is 1.62. The molecule has 0 atom stereocenters. The maximum absolute atomic E-state index is 10.7. The summed E-state index contributed by atoms with van der Waals surface area (Å²) in [6.45, 7) is 0.633. The van der Waals surface area contributed by atoms with Crippen LogP contribution in [0.15, 0.2) is 33.2 Å². The van der Waals surface area contributed by atoms with Crippen molar-refractivity contribution in [3.8, 4) is 5.75 Å². The van der Waals surface area contributed by atoms with Gasteiger partial charge in [0.25, 0.3) is 0 Å². The van der Waals surface area contributed by atoms with E-state index in [1.165, 1.54) is 11.3 Å². The smallest absolute Gasteiger partial charge is 0.308 e. The van der Waals surface area contributed by atoms with Crippen molar-refractivity contribution >= 4 is 54.9 Å². The molecule has 0 saturated heterocycles. The second-order valence-corrected chi connectivity index (χ2v) is 7.22. The van der Waals surface area contributed by atoms with Gasteiger partial charge in [-0.1, -0.05) is 0 Å². The minimum absolute atomic E-state index is 0.0699. The van der Waals surface area contributed by atoms with Crippen LogP contribution in [-0.2, 0) is 17.8 Å². The monoisotopic (exact) mass is 433 g/mol. The Balaban J connectivity index is 2.06. The van der Waals surface area contributed by atoms with Gasteiger partial charge in [0.2, 0.25) is 0 Å². The lowest BCUT2D eigenvalue weighted by molar-refractivity contribution is -0.136. The average Bonchev–Trinajstić information content (AvgIpc) is 2.84. The van der Waals surface area contributed by atoms with E-state index in [1.807, 2.05) is 24.3 Å². The highest BCUT2D eigenvalue weighted by Crippen LogP contribution is 2.35. The molecular weight excluding hydrogens is 422 g/mol. The van der Waals surface area contributed by atoms with Crippen LogP contribution < -0.4 is 10.1 Å². The van der Waals surface area contributed by atoms with E-state index in [0.29, 0.717) is 6.54 Å². The molecule has 0 aliphatic rings. The molecule has 0 amide bonds. The fourth-order valence-corrected chi connectivity index (χ4v) is 4.01. The van der Waals surface area contributed by atoms with Crippen molar-refractivity contribution in [3.05, 3.63) is 43.0 Å². The molecule has 7 heteroatoms. The summed E-state index contributed by atoms with van der Waals surface area (Å²) in [5.74, 6) is -0.0600. The zero-order valence-corrected chi connectivity index (χ0v) is 15.1. The van der Waals surface area contributed by atoms with Crippen LogP contribution in [0.5, 0.6) is 5.75 Å². The Morgan fingerprint density at radius 1 is 1.29 bits per heavy atom. The molecule has 0 saturated carbocycles. The highest BCUT2D eigenvalue weighted by Gasteiger charge is 2.08. The van der Waals surface area contributed by atoms with Gasteiger partial charge in [0, 0.05) is 26.8 Å². The van der Waals surface area contributed by atoms with Crippen LogP contribution in [0.4, 0.5) is 5.69 Å². The van der Waals surface area contributed by atoms with Gasteiger partial charge >= 0.3 is 5.97 Å². The molecule has 1 heterocycles. The van der Waals surface area contributed by atoms with Gasteiger partial charge in [-0.25, -0.2) is 0 Å². The molecule has 1 aromatic heterocycles. The van der Waals surface area contributed by atoms with Gasteiger partial charge in [0.15, 0.2) is 0 Å². The molecule has 0 bridgehead atoms. The summed E-state index contributed by atoms with van der Waals surface area (Å²) in [4.78, 5) is 12.6. The van der Waals surface area contributed by atoms with Gasteiger partial charge in [-0.2, -0.15) is 0 Å². The number of hydrogen-bond donors (Lipinski definition) is 2. The van der Waals surface area contributed by atoms with Crippen molar-refractivity contribution in [2.24, 2.45) is 0 Å². The number of ether oxygens (including phenoxy) is 1. The first kappa shape index (κ1) is 16.3. The third-order valence-electron chi connectivity index (χ3n) is 2.74. The Morgan fingerprint density at radius 2 is 2.00 bits per heavy atom. The summed E-state index contributed by atoms with van der Waals surface area (Å²) in [6, 6.07) is 7.62. The van der Waals surface area contributed by atoms with E-state index in [9.17, 15) is 4.79 Å². The normalized spacial score (nSPS) is 10.4. The van der Waals surface area contributed by atoms with E-state index < -0.39 is 5.97 Å². The molecule has 1 aromatic carbocycles. The van der Waals surface area contributed by atoms with Crippen LogP contribution in [0.3, 0.4) is 0 Å². The lowest BCUT2D eigenvalue weighted by Gasteiger charge is -2.11. The summed E-state index contributed by atoms with van der Waals surface area (Å²) in [6.07, 6.45) is 0.0699. The van der Waals surface area contributed by atoms with Gasteiger partial charge in [0.05, 0.1) is 23.7 Å². The number of anilines is 1. The van der Waals surface area contributed by atoms with Gasteiger partial charge in [0.1, 0.15) is 5.75 Å². The Kier molecular flexibility index (Phi) is 5.66. The summed E-state index contributed by atoms with van der Waals surface area (Å²) in [5.41, 5.74) is 0.920. The molecular formula is C14H13Br2NO3S. The summed E-state index contributed by atoms with van der Waals surface area (Å²) >= 11 is 8.43. The van der Waals surface area contributed by atoms with E-state index in [0.717, 1.165) is 30.1 Å². The number of thiophene rings is 1. The lowest BCUT2D eigenvalue weighted by Crippen LogP contribution is -1.99. The topological polar surface area (TPSA) is 58.6 Å². The number of methoxy groups -OCH3 is 1. The van der Waals surface area contributed by atoms with E-state index in [4.69, 9.17) is 9.84 Å². The van der Waals surface area contributed by atoms with E-state index in [2.05, 4.69) is 37.2 Å². The molecule has 0 aliphatic heterocycles. The van der Waals surface area contributed by atoms with Crippen molar-refractivity contribution in [1.82, 2.24) is 0 Å². The van der Waals surface area contributed by atoms with Crippen LogP contribution in [-0.4, -0.2) is 18.2 Å². The van der Waals surface area contributed by atoms with Crippen LogP contribution in [0, 0.1) is 0 Å². The van der Waals surface area contributed by atoms with Crippen molar-refractivity contribution < 1.29 is 14.6 Å². The minimum atomic E-state index is -0.809. The van der Waals surface area contributed by atoms with Crippen LogP contribution in [0.2, 0.25) is 0 Å². The SMILES string of the molecule is COc1cc(NCc2ccc(CC(=O)O)s2)c(Br)cc1Br. The number of carbonyl (C=O) groups is 1. The van der Waals surface area contributed by atoms with Crippen molar-refractivity contribution in [3.63, 3.8) is 0 Å². The number of benzene rings is 1. The molecule has 112 valence electrons. The Bertz CT molecular complexity index is 658. The first-order valence-electron chi connectivity index (χ1n) is 6.06. The number of nitrogens with one attached hydrogen (secondary N) is 1. The number of halogens is 2. The quantitative estimate of drug-likeness (QED) is 0.701. The van der Waals surface area contributed by atoms with Gasteiger partial charge in [-0.3, -0.25) is 4.79 Å². The molecule has 4 nitrogen and oxygen atoms in total. The first-order valence-corrected chi connectivity index (χ1v) is 8.46. The number of rotatable bonds is 6. The molecule has 21 heavy (non-hydrogen) atoms. The number of aliphatic carboxylic acids is 1. The third kappa shape index (κ3) is 4.46. The van der Waals surface area contributed by atoms with E-state index >= 15 is 0 Å². The third-order valence-corrected chi connectivity index (χ3v) is 5.10. The Morgan fingerprint density at radius 3 is 2.67 bits per heavy atom. The molecule has 2 N–H and O–H groups in total. The van der Waals surface area contributed by atoms with Crippen LogP contribution >= 0.6 is 43.2 Å². The van der Waals surface area contributed by atoms with Gasteiger partial charge in [-0.05, 0) is 50.1 Å². The molecule has 0 spiro atoms. The van der Waals surface area contributed by atoms with E-state index in [-0.39, 0.29) is 6.42 Å². The molecule has 0 unspecified atom stereocenters. The second kappa shape index (κ2) is 7.29. The maximum atomic E-state index is 10.7. The van der Waals surface area contributed by atoms with E-state index in [1.54, 1.807) is 7.11 Å². The predicted molar refractivity (Wildman–Crippen MR) is 91.4 cm³/mol. The van der Waals surface area contributed by atoms with Crippen molar-refractivity contribution in [1.29, 1.82) is 0 Å². The van der Waals surface area contributed by atoms with Crippen LogP contribution in [0.1, 0.15) is 9.75 Å². The highest BCUT2D eigenvalue weighted by atomic mass is 79.9. The van der Waals surface area contributed by atoms with Gasteiger partial charge in [-0.15, -0.1) is 11.3 Å². The Hall–Kier alpha value is -1.05. The molecule has 0 radical (unpaired) electrons. The predicted octanol–water partition coefficient (Wildman–Crippen LogP) is 4.52. The fraction of sp³-hybridized carbons (Fsp3) is 0.214. The number of hydrogen-bond acceptors (Lipinski definition) is 4. The number of carboxylic acid groups (broad SMARTS) is 1. The average molecular weight is 435 g/mol. The fourth-order valence-electron chi connectivity index (χ4n) is 1.76. The zero-order valence-electron chi connectivity index (χ0n) is 11.2. The molecule has 0 aliphatic carbocycles. The van der Waals surface area contributed by atoms with Crippen molar-refractivity contribution in [2.45, 2.75) is 13.0 Å². The molecule has 0 fully saturated rings. The van der Waals surface area contributed by atoms with Gasteiger partial charge < -0.3 is 15.2 Å². The largest absolute Gasteiger partial charge is 0.495 e.